The number of rotatable bonds is 12. The minimum Gasteiger partial charge on any atom is -0.455 e. The standard InChI is InChI=1S/C74H51N3O/c1-4-20-52(21-5-1)57-26-16-27-58(48-57)53-40-44-61(45-41-53)75(62-46-42-56(43-47-62)68-35-19-36-70-69-34-14-15-39-73(69)78-74(68)70)63-49-64(76(59-28-6-2-7-29-59)71-37-17-24-54-22-10-12-32-66(54)71)51-65(50-63)77(60-30-8-3-9-31-60)72-38-18-25-55-23-11-13-33-67(55)72/h1-51H. The van der Waals surface area contributed by atoms with Gasteiger partial charge in [0.25, 0.3) is 0 Å². The third-order valence-corrected chi connectivity index (χ3v) is 15.0. The van der Waals surface area contributed by atoms with Gasteiger partial charge >= 0.3 is 0 Å². The van der Waals surface area contributed by atoms with Crippen LogP contribution in [0, 0.1) is 0 Å². The molecule has 78 heavy (non-hydrogen) atoms. The Kier molecular flexibility index (Phi) is 11.8. The maximum atomic E-state index is 6.59. The summed E-state index contributed by atoms with van der Waals surface area (Å²) in [4.78, 5) is 7.24. The molecule has 4 heteroatoms. The molecule has 0 saturated heterocycles. The Hall–Kier alpha value is -10.4. The summed E-state index contributed by atoms with van der Waals surface area (Å²) in [6.45, 7) is 0. The van der Waals surface area contributed by atoms with Crippen LogP contribution in [0.2, 0.25) is 0 Å². The van der Waals surface area contributed by atoms with Crippen molar-refractivity contribution in [1.29, 1.82) is 0 Å². The highest BCUT2D eigenvalue weighted by Crippen LogP contribution is 2.49. The maximum absolute atomic E-state index is 6.59. The van der Waals surface area contributed by atoms with E-state index >= 15 is 0 Å². The zero-order valence-corrected chi connectivity index (χ0v) is 42.7. The first-order chi connectivity index (χ1) is 38.7. The number of furan rings is 1. The molecule has 0 bridgehead atoms. The lowest BCUT2D eigenvalue weighted by Gasteiger charge is -2.33. The minimum atomic E-state index is 0.884. The van der Waals surface area contributed by atoms with Crippen LogP contribution >= 0.6 is 0 Å². The lowest BCUT2D eigenvalue weighted by molar-refractivity contribution is 0.670. The number of fused-ring (bicyclic) bond motifs is 5. The summed E-state index contributed by atoms with van der Waals surface area (Å²) in [6, 6.07) is 111. The monoisotopic (exact) mass is 997 g/mol. The summed E-state index contributed by atoms with van der Waals surface area (Å²) in [6.07, 6.45) is 0. The van der Waals surface area contributed by atoms with Gasteiger partial charge in [0.15, 0.2) is 0 Å². The summed E-state index contributed by atoms with van der Waals surface area (Å²) >= 11 is 0. The zero-order valence-electron chi connectivity index (χ0n) is 42.7. The van der Waals surface area contributed by atoms with E-state index in [0.717, 1.165) is 106 Å². The van der Waals surface area contributed by atoms with Gasteiger partial charge in [-0.1, -0.05) is 218 Å². The van der Waals surface area contributed by atoms with Crippen LogP contribution in [-0.4, -0.2) is 0 Å². The van der Waals surface area contributed by atoms with Crippen LogP contribution in [0.4, 0.5) is 51.2 Å². The normalized spacial score (nSPS) is 11.3. The second-order valence-corrected chi connectivity index (χ2v) is 19.7. The van der Waals surface area contributed by atoms with Gasteiger partial charge in [0.05, 0.1) is 28.4 Å². The predicted octanol–water partition coefficient (Wildman–Crippen LogP) is 21.3. The van der Waals surface area contributed by atoms with Crippen molar-refractivity contribution in [2.75, 3.05) is 14.7 Å². The first-order valence-corrected chi connectivity index (χ1v) is 26.6. The van der Waals surface area contributed by atoms with Crippen LogP contribution in [0.25, 0.3) is 76.9 Å². The number of benzene rings is 13. The fourth-order valence-corrected chi connectivity index (χ4v) is 11.3. The Morgan fingerprint density at radius 3 is 1.17 bits per heavy atom. The van der Waals surface area contributed by atoms with Crippen molar-refractivity contribution in [2.24, 2.45) is 0 Å². The summed E-state index contributed by atoms with van der Waals surface area (Å²) in [5.74, 6) is 0. The summed E-state index contributed by atoms with van der Waals surface area (Å²) < 4.78 is 6.59. The van der Waals surface area contributed by atoms with Gasteiger partial charge in [0.2, 0.25) is 0 Å². The molecule has 13 aromatic carbocycles. The third-order valence-electron chi connectivity index (χ3n) is 15.0. The van der Waals surface area contributed by atoms with Gasteiger partial charge in [-0.3, -0.25) is 0 Å². The van der Waals surface area contributed by atoms with Gasteiger partial charge in [0.1, 0.15) is 11.2 Å². The van der Waals surface area contributed by atoms with Crippen molar-refractivity contribution in [2.45, 2.75) is 0 Å². The van der Waals surface area contributed by atoms with E-state index in [2.05, 4.69) is 312 Å². The fourth-order valence-electron chi connectivity index (χ4n) is 11.3. The highest BCUT2D eigenvalue weighted by atomic mass is 16.3. The average molecular weight is 998 g/mol. The number of hydrogen-bond donors (Lipinski definition) is 0. The highest BCUT2D eigenvalue weighted by Gasteiger charge is 2.24. The Labute approximate surface area is 454 Å². The Morgan fingerprint density at radius 1 is 0.218 bits per heavy atom. The van der Waals surface area contributed by atoms with Gasteiger partial charge in [-0.05, 0) is 130 Å². The Balaban J connectivity index is 1.01. The molecule has 0 aliphatic heterocycles. The molecule has 1 aromatic heterocycles. The maximum Gasteiger partial charge on any atom is 0.143 e. The van der Waals surface area contributed by atoms with Crippen molar-refractivity contribution in [3.63, 3.8) is 0 Å². The molecule has 4 nitrogen and oxygen atoms in total. The molecular formula is C74H51N3O. The van der Waals surface area contributed by atoms with Crippen molar-refractivity contribution < 1.29 is 4.42 Å². The minimum absolute atomic E-state index is 0.884. The second kappa shape index (κ2) is 20.0. The molecule has 0 aliphatic rings. The van der Waals surface area contributed by atoms with Gasteiger partial charge < -0.3 is 19.1 Å². The zero-order chi connectivity index (χ0) is 51.8. The molecule has 0 N–H and O–H groups in total. The van der Waals surface area contributed by atoms with E-state index in [0.29, 0.717) is 0 Å². The SMILES string of the molecule is c1ccc(-c2cccc(-c3ccc(N(c4ccc(-c5cccc6c5oc5ccccc56)cc4)c4cc(N(c5ccccc5)c5cccc6ccccc56)cc(N(c5ccccc5)c5cccc6ccccc56)c4)cc3)c2)cc1. The van der Waals surface area contributed by atoms with Crippen LogP contribution in [0.15, 0.2) is 314 Å². The van der Waals surface area contributed by atoms with Crippen molar-refractivity contribution in [3.8, 4) is 33.4 Å². The van der Waals surface area contributed by atoms with Gasteiger partial charge in [-0.25, -0.2) is 0 Å². The Bertz CT molecular complexity index is 4290. The van der Waals surface area contributed by atoms with Crippen LogP contribution in [-0.2, 0) is 0 Å². The van der Waals surface area contributed by atoms with E-state index in [1.807, 2.05) is 12.1 Å². The molecule has 0 spiro atoms. The second-order valence-electron chi connectivity index (χ2n) is 19.7. The quantitative estimate of drug-likeness (QED) is 0.122. The molecule has 0 unspecified atom stereocenters. The van der Waals surface area contributed by atoms with E-state index < -0.39 is 0 Å². The van der Waals surface area contributed by atoms with Crippen LogP contribution in [0.3, 0.4) is 0 Å². The summed E-state index contributed by atoms with van der Waals surface area (Å²) in [5.41, 5.74) is 17.8. The molecular weight excluding hydrogens is 947 g/mol. The Morgan fingerprint density at radius 2 is 0.603 bits per heavy atom. The lowest BCUT2D eigenvalue weighted by Crippen LogP contribution is -2.16. The number of anilines is 9. The third kappa shape index (κ3) is 8.58. The number of nitrogens with zero attached hydrogens (tertiary/aromatic N) is 3. The molecule has 14 rings (SSSR count). The van der Waals surface area contributed by atoms with Gasteiger partial charge in [-0.2, -0.15) is 0 Å². The van der Waals surface area contributed by atoms with E-state index in [9.17, 15) is 0 Å². The molecule has 0 atom stereocenters. The topological polar surface area (TPSA) is 22.9 Å². The lowest BCUT2D eigenvalue weighted by atomic mass is 9.98. The molecule has 0 saturated carbocycles. The summed E-state index contributed by atoms with van der Waals surface area (Å²) in [7, 11) is 0. The van der Waals surface area contributed by atoms with E-state index in [1.54, 1.807) is 0 Å². The van der Waals surface area contributed by atoms with Crippen LogP contribution in [0.5, 0.6) is 0 Å². The molecule has 14 aromatic rings. The van der Waals surface area contributed by atoms with Crippen LogP contribution < -0.4 is 14.7 Å². The largest absolute Gasteiger partial charge is 0.455 e. The van der Waals surface area contributed by atoms with Crippen molar-refractivity contribution in [1.82, 2.24) is 0 Å². The molecule has 0 fully saturated rings. The first kappa shape index (κ1) is 46.1. The number of para-hydroxylation sites is 4. The van der Waals surface area contributed by atoms with Crippen molar-refractivity contribution >= 4 is 94.7 Å². The van der Waals surface area contributed by atoms with Gasteiger partial charge in [-0.15, -0.1) is 0 Å². The summed E-state index contributed by atoms with van der Waals surface area (Å²) in [5, 5.41) is 6.87. The van der Waals surface area contributed by atoms with Crippen molar-refractivity contribution in [3.05, 3.63) is 309 Å². The molecule has 0 amide bonds. The smallest absolute Gasteiger partial charge is 0.143 e. The van der Waals surface area contributed by atoms with E-state index in [4.69, 9.17) is 4.42 Å². The first-order valence-electron chi connectivity index (χ1n) is 26.6. The van der Waals surface area contributed by atoms with Gasteiger partial charge in [0, 0.05) is 49.9 Å². The molecule has 0 radical (unpaired) electrons. The van der Waals surface area contributed by atoms with Crippen LogP contribution in [0.1, 0.15) is 0 Å². The number of hydrogen-bond acceptors (Lipinski definition) is 4. The van der Waals surface area contributed by atoms with E-state index in [1.165, 1.54) is 21.9 Å². The molecule has 0 aliphatic carbocycles. The predicted molar refractivity (Wildman–Crippen MR) is 329 cm³/mol. The molecule has 1 heterocycles. The van der Waals surface area contributed by atoms with E-state index in [-0.39, 0.29) is 0 Å². The fraction of sp³-hybridized carbons (Fsp3) is 0. The highest BCUT2D eigenvalue weighted by molar-refractivity contribution is 6.10. The average Bonchev–Trinajstić information content (AvgIpc) is 3.91. The molecule has 368 valence electrons.